The summed E-state index contributed by atoms with van der Waals surface area (Å²) in [5, 5.41) is 10.6. The van der Waals surface area contributed by atoms with Crippen LogP contribution in [0.15, 0.2) is 64.1 Å². The number of benzene rings is 2. The first-order chi connectivity index (χ1) is 12.8. The van der Waals surface area contributed by atoms with Crippen molar-refractivity contribution in [2.24, 2.45) is 10.2 Å². The average Bonchev–Trinajstić information content (AvgIpc) is 2.91. The number of rotatable bonds is 5. The van der Waals surface area contributed by atoms with Crippen molar-refractivity contribution >= 4 is 33.4 Å². The summed E-state index contributed by atoms with van der Waals surface area (Å²) in [5.74, 6) is 0.381. The summed E-state index contributed by atoms with van der Waals surface area (Å²) in [6.45, 7) is 4.15. The zero-order chi connectivity index (χ0) is 19.6. The Labute approximate surface area is 157 Å². The summed E-state index contributed by atoms with van der Waals surface area (Å²) in [7, 11) is -3.79. The molecule has 1 aliphatic heterocycles. The molecule has 1 aliphatic rings. The first-order valence-corrected chi connectivity index (χ1v) is 9.82. The number of carbonyl (C=O) groups excluding carboxylic acids is 1. The fourth-order valence-corrected chi connectivity index (χ4v) is 3.19. The van der Waals surface area contributed by atoms with Crippen LogP contribution in [0, 0.1) is 0 Å². The molecular formula is C19H19N3O4S. The first kappa shape index (κ1) is 18.8. The topological polar surface area (TPSA) is 102 Å². The van der Waals surface area contributed by atoms with Gasteiger partial charge in [0.2, 0.25) is 10.0 Å². The van der Waals surface area contributed by atoms with Crippen molar-refractivity contribution in [3.05, 3.63) is 59.7 Å². The van der Waals surface area contributed by atoms with E-state index in [1.54, 1.807) is 13.0 Å². The van der Waals surface area contributed by atoms with E-state index in [0.29, 0.717) is 29.3 Å². The fraction of sp³-hybridized carbons (Fsp3) is 0.158. The van der Waals surface area contributed by atoms with E-state index < -0.39 is 10.0 Å². The molecule has 0 aromatic heterocycles. The Balaban J connectivity index is 1.93. The second kappa shape index (κ2) is 7.34. The molecule has 27 heavy (non-hydrogen) atoms. The Bertz CT molecular complexity index is 1040. The van der Waals surface area contributed by atoms with Gasteiger partial charge in [-0.2, -0.15) is 10.1 Å². The van der Waals surface area contributed by atoms with Crippen LogP contribution in [0.3, 0.4) is 0 Å². The Morgan fingerprint density at radius 2 is 1.81 bits per heavy atom. The fourth-order valence-electron chi connectivity index (χ4n) is 2.68. The molecule has 2 aromatic rings. The van der Waals surface area contributed by atoms with Crippen molar-refractivity contribution in [3.8, 4) is 5.75 Å². The Kier molecular flexibility index (Phi) is 5.11. The smallest absolute Gasteiger partial charge is 0.280 e. The number of anilines is 1. The van der Waals surface area contributed by atoms with Gasteiger partial charge in [0.15, 0.2) is 0 Å². The average molecular weight is 385 g/mol. The third-order valence-corrected chi connectivity index (χ3v) is 4.92. The number of hydrogen-bond donors (Lipinski definition) is 1. The quantitative estimate of drug-likeness (QED) is 0.799. The highest BCUT2D eigenvalue weighted by atomic mass is 32.2. The molecule has 2 N–H and O–H groups in total. The number of sulfonamides is 1. The normalized spacial score (nSPS) is 16.0. The summed E-state index contributed by atoms with van der Waals surface area (Å²) in [4.78, 5) is 12.8. The van der Waals surface area contributed by atoms with Gasteiger partial charge in [0, 0.05) is 5.56 Å². The number of hydrazone groups is 1. The number of para-hydroxylation sites is 1. The molecular weight excluding hydrogens is 366 g/mol. The molecule has 0 radical (unpaired) electrons. The first-order valence-electron chi connectivity index (χ1n) is 8.27. The second-order valence-corrected chi connectivity index (χ2v) is 7.43. The van der Waals surface area contributed by atoms with E-state index in [4.69, 9.17) is 9.88 Å². The minimum absolute atomic E-state index is 0.0278. The molecule has 2 aromatic carbocycles. The molecule has 140 valence electrons. The van der Waals surface area contributed by atoms with Crippen LogP contribution in [0.2, 0.25) is 0 Å². The maximum absolute atomic E-state index is 12.8. The molecule has 3 rings (SSSR count). The van der Waals surface area contributed by atoms with Crippen LogP contribution in [-0.2, 0) is 14.8 Å². The highest BCUT2D eigenvalue weighted by molar-refractivity contribution is 7.89. The highest BCUT2D eigenvalue weighted by Crippen LogP contribution is 2.28. The van der Waals surface area contributed by atoms with Crippen molar-refractivity contribution in [1.29, 1.82) is 0 Å². The molecule has 0 atom stereocenters. The van der Waals surface area contributed by atoms with Crippen molar-refractivity contribution in [2.45, 2.75) is 18.7 Å². The van der Waals surface area contributed by atoms with Gasteiger partial charge in [-0.25, -0.2) is 13.6 Å². The van der Waals surface area contributed by atoms with E-state index in [9.17, 15) is 13.2 Å². The molecule has 8 heteroatoms. The van der Waals surface area contributed by atoms with Gasteiger partial charge in [0.1, 0.15) is 5.75 Å². The zero-order valence-electron chi connectivity index (χ0n) is 14.9. The zero-order valence-corrected chi connectivity index (χ0v) is 15.7. The third kappa shape index (κ3) is 3.91. The number of amides is 1. The Hall–Kier alpha value is -2.97. The third-order valence-electron chi connectivity index (χ3n) is 3.99. The van der Waals surface area contributed by atoms with E-state index in [0.717, 1.165) is 5.56 Å². The van der Waals surface area contributed by atoms with Crippen molar-refractivity contribution in [1.82, 2.24) is 0 Å². The highest BCUT2D eigenvalue weighted by Gasteiger charge is 2.29. The minimum atomic E-state index is -3.79. The maximum Gasteiger partial charge on any atom is 0.280 e. The number of ether oxygens (including phenoxy) is 1. The largest absolute Gasteiger partial charge is 0.493 e. The second-order valence-electron chi connectivity index (χ2n) is 5.87. The van der Waals surface area contributed by atoms with Gasteiger partial charge < -0.3 is 4.74 Å². The van der Waals surface area contributed by atoms with Crippen LogP contribution in [0.4, 0.5) is 5.69 Å². The lowest BCUT2D eigenvalue weighted by molar-refractivity contribution is -0.114. The van der Waals surface area contributed by atoms with Crippen LogP contribution in [0.25, 0.3) is 6.08 Å². The SMILES string of the molecule is CCOc1ccccc1/C=C1\C(=O)N(c2ccc(S(N)(=O)=O)cc2)N=C1C. The number of hydrogen-bond acceptors (Lipinski definition) is 5. The number of carbonyl (C=O) groups is 1. The van der Waals surface area contributed by atoms with Gasteiger partial charge >= 0.3 is 0 Å². The lowest BCUT2D eigenvalue weighted by Gasteiger charge is -2.12. The molecule has 1 amide bonds. The van der Waals surface area contributed by atoms with Crippen molar-refractivity contribution in [2.75, 3.05) is 11.6 Å². The summed E-state index contributed by atoms with van der Waals surface area (Å²) in [5.41, 5.74) is 2.23. The Morgan fingerprint density at radius 1 is 1.15 bits per heavy atom. The van der Waals surface area contributed by atoms with Crippen LogP contribution < -0.4 is 14.9 Å². The number of primary sulfonamides is 1. The molecule has 1 heterocycles. The molecule has 0 saturated heterocycles. The predicted octanol–water partition coefficient (Wildman–Crippen LogP) is 2.54. The standard InChI is InChI=1S/C19H19N3O4S/c1-3-26-18-7-5-4-6-14(18)12-17-13(2)21-22(19(17)23)15-8-10-16(11-9-15)27(20,24)25/h4-12H,3H2,1-2H3,(H2,20,24,25)/b17-12-. The maximum atomic E-state index is 12.8. The van der Waals surface area contributed by atoms with E-state index in [1.165, 1.54) is 29.3 Å². The van der Waals surface area contributed by atoms with Gasteiger partial charge in [0.05, 0.1) is 28.5 Å². The predicted molar refractivity (Wildman–Crippen MR) is 104 cm³/mol. The lowest BCUT2D eigenvalue weighted by Crippen LogP contribution is -2.21. The van der Waals surface area contributed by atoms with E-state index >= 15 is 0 Å². The molecule has 0 aliphatic carbocycles. The minimum Gasteiger partial charge on any atom is -0.493 e. The molecule has 0 saturated carbocycles. The van der Waals surface area contributed by atoms with Crippen LogP contribution >= 0.6 is 0 Å². The molecule has 0 fully saturated rings. The summed E-state index contributed by atoms with van der Waals surface area (Å²) in [6.07, 6.45) is 1.74. The van der Waals surface area contributed by atoms with Crippen LogP contribution in [-0.4, -0.2) is 26.6 Å². The van der Waals surface area contributed by atoms with Gasteiger partial charge in [0.25, 0.3) is 5.91 Å². The van der Waals surface area contributed by atoms with E-state index in [1.807, 2.05) is 31.2 Å². The summed E-state index contributed by atoms with van der Waals surface area (Å²) >= 11 is 0. The number of nitrogens with zero attached hydrogens (tertiary/aromatic N) is 2. The van der Waals surface area contributed by atoms with Crippen LogP contribution in [0.1, 0.15) is 19.4 Å². The van der Waals surface area contributed by atoms with Gasteiger partial charge in [-0.1, -0.05) is 18.2 Å². The van der Waals surface area contributed by atoms with Gasteiger partial charge in [-0.05, 0) is 50.3 Å². The molecule has 0 spiro atoms. The van der Waals surface area contributed by atoms with Crippen molar-refractivity contribution in [3.63, 3.8) is 0 Å². The van der Waals surface area contributed by atoms with E-state index in [-0.39, 0.29) is 10.8 Å². The van der Waals surface area contributed by atoms with E-state index in [2.05, 4.69) is 5.10 Å². The Morgan fingerprint density at radius 3 is 2.44 bits per heavy atom. The van der Waals surface area contributed by atoms with Crippen LogP contribution in [0.5, 0.6) is 5.75 Å². The van der Waals surface area contributed by atoms with Crippen molar-refractivity contribution < 1.29 is 17.9 Å². The molecule has 7 nitrogen and oxygen atoms in total. The lowest BCUT2D eigenvalue weighted by atomic mass is 10.1. The monoisotopic (exact) mass is 385 g/mol. The molecule has 0 bridgehead atoms. The summed E-state index contributed by atoms with van der Waals surface area (Å²) < 4.78 is 28.3. The van der Waals surface area contributed by atoms with Gasteiger partial charge in [-0.3, -0.25) is 4.79 Å². The molecule has 0 unspecified atom stereocenters. The summed E-state index contributed by atoms with van der Waals surface area (Å²) in [6, 6.07) is 13.1. The number of nitrogens with two attached hydrogens (primary N) is 1. The van der Waals surface area contributed by atoms with Gasteiger partial charge in [-0.15, -0.1) is 0 Å².